The molecule has 0 aliphatic rings. The number of aliphatic hydroxyl groups excluding tert-OH is 3. The molecule has 0 aromatic carbocycles. The van der Waals surface area contributed by atoms with E-state index in [4.69, 9.17) is 20.9 Å². The summed E-state index contributed by atoms with van der Waals surface area (Å²) in [5.74, 6) is 0. The maximum absolute atomic E-state index is 8.77. The van der Waals surface area contributed by atoms with Crippen LogP contribution in [-0.4, -0.2) is 40.7 Å². The summed E-state index contributed by atoms with van der Waals surface area (Å²) >= 11 is 0. The van der Waals surface area contributed by atoms with Crippen LogP contribution < -0.4 is 0 Å². The highest BCUT2D eigenvalue weighted by atomic mass is 16.3. The zero-order chi connectivity index (χ0) is 7.98. The fourth-order valence-corrected chi connectivity index (χ4v) is 0.423. The van der Waals surface area contributed by atoms with Gasteiger partial charge in [0.1, 0.15) is 0 Å². The lowest BCUT2D eigenvalue weighted by molar-refractivity contribution is 0.0551. The minimum atomic E-state index is -1.18. The van der Waals surface area contributed by atoms with Crippen LogP contribution in [0.25, 0.3) is 10.4 Å². The van der Waals surface area contributed by atoms with Gasteiger partial charge in [-0.1, -0.05) is 5.11 Å². The Labute approximate surface area is 57.4 Å². The number of nitrogens with zero attached hydrogens (tertiary/aromatic N) is 3. The molecule has 0 radical (unpaired) electrons. The lowest BCUT2D eigenvalue weighted by Crippen LogP contribution is -2.30. The molecule has 0 saturated carbocycles. The molecule has 0 amide bonds. The van der Waals surface area contributed by atoms with Gasteiger partial charge in [0.15, 0.2) is 0 Å². The summed E-state index contributed by atoms with van der Waals surface area (Å²) in [6.07, 6.45) is -1.18. The number of hydrogen-bond acceptors (Lipinski definition) is 4. The highest BCUT2D eigenvalue weighted by molar-refractivity contribution is 4.73. The van der Waals surface area contributed by atoms with Crippen molar-refractivity contribution in [2.45, 2.75) is 12.1 Å². The van der Waals surface area contributed by atoms with E-state index in [1.807, 2.05) is 0 Å². The molecule has 1 unspecified atom stereocenters. The van der Waals surface area contributed by atoms with Crippen LogP contribution in [0.2, 0.25) is 0 Å². The Kier molecular flexibility index (Phi) is 4.61. The first-order chi connectivity index (χ1) is 4.76. The Morgan fingerprint density at radius 3 is 2.30 bits per heavy atom. The SMILES string of the molecule is [N-]=[N+]=NC(CO)[C@H](O)CO. The van der Waals surface area contributed by atoms with Crippen LogP contribution >= 0.6 is 0 Å². The fraction of sp³-hybridized carbons (Fsp3) is 1.00. The molecule has 10 heavy (non-hydrogen) atoms. The smallest absolute Gasteiger partial charge is 0.0886 e. The lowest BCUT2D eigenvalue weighted by atomic mass is 10.2. The monoisotopic (exact) mass is 147 g/mol. The maximum Gasteiger partial charge on any atom is 0.0886 e. The summed E-state index contributed by atoms with van der Waals surface area (Å²) in [5.41, 5.74) is 7.87. The Morgan fingerprint density at radius 1 is 1.40 bits per heavy atom. The predicted molar refractivity (Wildman–Crippen MR) is 33.1 cm³/mol. The van der Waals surface area contributed by atoms with Gasteiger partial charge in [-0.25, -0.2) is 0 Å². The number of azide groups is 1. The van der Waals surface area contributed by atoms with Crippen LogP contribution in [0.15, 0.2) is 5.11 Å². The van der Waals surface area contributed by atoms with Gasteiger partial charge < -0.3 is 15.3 Å². The summed E-state index contributed by atoms with van der Waals surface area (Å²) in [4.78, 5) is 2.37. The van der Waals surface area contributed by atoms with E-state index in [0.29, 0.717) is 0 Å². The van der Waals surface area contributed by atoms with Crippen molar-refractivity contribution >= 4 is 0 Å². The first kappa shape index (κ1) is 9.19. The van der Waals surface area contributed by atoms with Crippen molar-refractivity contribution in [2.24, 2.45) is 5.11 Å². The normalized spacial score (nSPS) is 15.5. The molecule has 2 atom stereocenters. The molecule has 6 heteroatoms. The molecule has 0 aromatic rings. The Bertz CT molecular complexity index is 134. The van der Waals surface area contributed by atoms with Crippen molar-refractivity contribution < 1.29 is 15.3 Å². The number of aliphatic hydroxyl groups is 3. The summed E-state index contributed by atoms with van der Waals surface area (Å²) in [7, 11) is 0. The molecular weight excluding hydrogens is 138 g/mol. The van der Waals surface area contributed by atoms with Crippen LogP contribution in [-0.2, 0) is 0 Å². The molecule has 0 heterocycles. The molecule has 0 spiro atoms. The van der Waals surface area contributed by atoms with Crippen LogP contribution in [0, 0.1) is 0 Å². The maximum atomic E-state index is 8.77. The minimum Gasteiger partial charge on any atom is -0.396 e. The van der Waals surface area contributed by atoms with E-state index in [1.165, 1.54) is 0 Å². The third kappa shape index (κ3) is 2.65. The standard InChI is InChI=1S/C4H9N3O3/c5-7-6-3(1-8)4(10)2-9/h3-4,8-10H,1-2H2/t3?,4-/m1/s1. The molecule has 0 bridgehead atoms. The van der Waals surface area contributed by atoms with Gasteiger partial charge in [0.2, 0.25) is 0 Å². The molecule has 58 valence electrons. The Morgan fingerprint density at radius 2 is 2.00 bits per heavy atom. The lowest BCUT2D eigenvalue weighted by Gasteiger charge is -2.11. The molecule has 0 saturated heterocycles. The average molecular weight is 147 g/mol. The number of rotatable bonds is 4. The average Bonchev–Trinajstić information content (AvgIpc) is 1.99. The minimum absolute atomic E-state index is 0.466. The second-order valence-electron chi connectivity index (χ2n) is 1.70. The topological polar surface area (TPSA) is 109 Å². The van der Waals surface area contributed by atoms with Gasteiger partial charge in [-0.15, -0.1) is 0 Å². The summed E-state index contributed by atoms with van der Waals surface area (Å²) < 4.78 is 0. The molecular formula is C4H9N3O3. The second kappa shape index (κ2) is 5.01. The highest BCUT2D eigenvalue weighted by Gasteiger charge is 2.14. The molecule has 0 aromatic heterocycles. The molecule has 3 N–H and O–H groups in total. The zero-order valence-corrected chi connectivity index (χ0v) is 5.25. The molecule has 0 rings (SSSR count). The van der Waals surface area contributed by atoms with Gasteiger partial charge in [0.05, 0.1) is 25.4 Å². The predicted octanol–water partition coefficient (Wildman–Crippen LogP) is -0.989. The van der Waals surface area contributed by atoms with Crippen LogP contribution in [0.4, 0.5) is 0 Å². The fourth-order valence-electron chi connectivity index (χ4n) is 0.423. The molecule has 6 nitrogen and oxygen atoms in total. The highest BCUT2D eigenvalue weighted by Crippen LogP contribution is 1.97. The van der Waals surface area contributed by atoms with Crippen molar-refractivity contribution in [2.75, 3.05) is 13.2 Å². The first-order valence-electron chi connectivity index (χ1n) is 2.70. The summed E-state index contributed by atoms with van der Waals surface area (Å²) in [6, 6.07) is -0.949. The zero-order valence-electron chi connectivity index (χ0n) is 5.25. The van der Waals surface area contributed by atoms with Crippen LogP contribution in [0.3, 0.4) is 0 Å². The summed E-state index contributed by atoms with van der Waals surface area (Å²) in [6.45, 7) is -0.990. The van der Waals surface area contributed by atoms with E-state index >= 15 is 0 Å². The molecule has 0 fully saturated rings. The van der Waals surface area contributed by atoms with Gasteiger partial charge in [0.25, 0.3) is 0 Å². The Hall–Kier alpha value is -0.810. The second-order valence-corrected chi connectivity index (χ2v) is 1.70. The molecule has 0 aliphatic heterocycles. The van der Waals surface area contributed by atoms with E-state index in [-0.39, 0.29) is 0 Å². The molecule has 0 aliphatic carbocycles. The van der Waals surface area contributed by atoms with Crippen molar-refractivity contribution in [3.05, 3.63) is 10.4 Å². The van der Waals surface area contributed by atoms with Gasteiger partial charge >= 0.3 is 0 Å². The van der Waals surface area contributed by atoms with E-state index < -0.39 is 25.4 Å². The van der Waals surface area contributed by atoms with E-state index in [0.717, 1.165) is 0 Å². The van der Waals surface area contributed by atoms with Crippen molar-refractivity contribution in [3.63, 3.8) is 0 Å². The van der Waals surface area contributed by atoms with Gasteiger partial charge in [0, 0.05) is 4.91 Å². The largest absolute Gasteiger partial charge is 0.396 e. The van der Waals surface area contributed by atoms with Crippen molar-refractivity contribution in [1.82, 2.24) is 0 Å². The van der Waals surface area contributed by atoms with E-state index in [2.05, 4.69) is 10.0 Å². The van der Waals surface area contributed by atoms with E-state index in [9.17, 15) is 0 Å². The van der Waals surface area contributed by atoms with Gasteiger partial charge in [-0.3, -0.25) is 0 Å². The van der Waals surface area contributed by atoms with E-state index in [1.54, 1.807) is 0 Å². The van der Waals surface area contributed by atoms with Gasteiger partial charge in [-0.05, 0) is 5.53 Å². The van der Waals surface area contributed by atoms with Gasteiger partial charge in [-0.2, -0.15) is 0 Å². The Balaban J connectivity index is 3.91. The summed E-state index contributed by atoms with van der Waals surface area (Å²) in [5, 5.41) is 28.5. The third-order valence-corrected chi connectivity index (χ3v) is 1.02. The van der Waals surface area contributed by atoms with Crippen LogP contribution in [0.1, 0.15) is 0 Å². The number of hydrogen-bond donors (Lipinski definition) is 3. The van der Waals surface area contributed by atoms with Crippen LogP contribution in [0.5, 0.6) is 0 Å². The van der Waals surface area contributed by atoms with Crippen molar-refractivity contribution in [3.8, 4) is 0 Å². The quantitative estimate of drug-likeness (QED) is 0.270. The van der Waals surface area contributed by atoms with Crippen molar-refractivity contribution in [1.29, 1.82) is 0 Å². The third-order valence-electron chi connectivity index (χ3n) is 1.02. The first-order valence-corrected chi connectivity index (χ1v) is 2.70.